The molecule has 2 atom stereocenters. The van der Waals surface area contributed by atoms with Gasteiger partial charge in [0.1, 0.15) is 5.82 Å². The third kappa shape index (κ3) is 4.15. The number of carboxylic acid groups (broad SMARTS) is 1. The lowest BCUT2D eigenvalue weighted by atomic mass is 9.82. The van der Waals surface area contributed by atoms with Gasteiger partial charge in [-0.25, -0.2) is 13.4 Å². The molecular formula is C20H22N4O4S. The maximum Gasteiger partial charge on any atom is 0.303 e. The van der Waals surface area contributed by atoms with Crippen LogP contribution >= 0.6 is 0 Å². The number of rotatable bonds is 6. The molecule has 0 saturated carbocycles. The highest BCUT2D eigenvalue weighted by atomic mass is 32.2. The molecular weight excluding hydrogens is 392 g/mol. The minimum Gasteiger partial charge on any atom is -0.481 e. The van der Waals surface area contributed by atoms with E-state index in [1.165, 1.54) is 4.31 Å². The largest absolute Gasteiger partial charge is 0.481 e. The number of hydrogen-bond acceptors (Lipinski definition) is 5. The first kappa shape index (κ1) is 19.5. The van der Waals surface area contributed by atoms with Crippen LogP contribution in [0.4, 0.5) is 0 Å². The number of pyridine rings is 1. The van der Waals surface area contributed by atoms with E-state index < -0.39 is 16.0 Å². The van der Waals surface area contributed by atoms with Gasteiger partial charge in [0, 0.05) is 32.1 Å². The minimum absolute atomic E-state index is 0.0195. The van der Waals surface area contributed by atoms with E-state index in [-0.39, 0.29) is 29.7 Å². The number of aromatic nitrogens is 3. The van der Waals surface area contributed by atoms with E-state index in [0.717, 1.165) is 11.0 Å². The number of carbonyl (C=O) groups is 1. The summed E-state index contributed by atoms with van der Waals surface area (Å²) < 4.78 is 27.5. The van der Waals surface area contributed by atoms with Crippen molar-refractivity contribution in [3.05, 3.63) is 54.6 Å². The van der Waals surface area contributed by atoms with Crippen LogP contribution < -0.4 is 0 Å². The summed E-state index contributed by atoms with van der Waals surface area (Å²) in [5.41, 5.74) is 1.59. The number of aromatic amines is 1. The van der Waals surface area contributed by atoms with E-state index in [0.29, 0.717) is 25.2 Å². The van der Waals surface area contributed by atoms with Crippen molar-refractivity contribution in [2.45, 2.75) is 24.2 Å². The number of benzene rings is 1. The Labute approximate surface area is 168 Å². The SMILES string of the molecule is O=C(O)C[C@@H]1CCN(S(=O)(=O)c2ccccc2)C[C@@H]1Cc1nc2ccncc2[nH]1. The van der Waals surface area contributed by atoms with Crippen LogP contribution in [-0.2, 0) is 21.2 Å². The summed E-state index contributed by atoms with van der Waals surface area (Å²) in [6, 6.07) is 10.1. The fourth-order valence-corrected chi connectivity index (χ4v) is 5.52. The minimum atomic E-state index is -3.62. The third-order valence-electron chi connectivity index (χ3n) is 5.46. The van der Waals surface area contributed by atoms with Gasteiger partial charge in [0.15, 0.2) is 0 Å². The smallest absolute Gasteiger partial charge is 0.303 e. The first-order valence-electron chi connectivity index (χ1n) is 9.49. The predicted octanol–water partition coefficient (Wildman–Crippen LogP) is 2.30. The molecule has 1 saturated heterocycles. The van der Waals surface area contributed by atoms with Gasteiger partial charge in [-0.1, -0.05) is 18.2 Å². The molecule has 8 nitrogen and oxygen atoms in total. The lowest BCUT2D eigenvalue weighted by molar-refractivity contribution is -0.138. The summed E-state index contributed by atoms with van der Waals surface area (Å²) in [5.74, 6) is -0.409. The summed E-state index contributed by atoms with van der Waals surface area (Å²) in [5, 5.41) is 9.30. The van der Waals surface area contributed by atoms with Gasteiger partial charge in [0.25, 0.3) is 0 Å². The van der Waals surface area contributed by atoms with Gasteiger partial charge in [0.2, 0.25) is 10.0 Å². The first-order valence-corrected chi connectivity index (χ1v) is 10.9. The molecule has 0 bridgehead atoms. The quantitative estimate of drug-likeness (QED) is 0.639. The molecule has 3 aromatic rings. The van der Waals surface area contributed by atoms with Crippen LogP contribution in [0.3, 0.4) is 0 Å². The second-order valence-corrected chi connectivity index (χ2v) is 9.30. The van der Waals surface area contributed by atoms with Crippen LogP contribution in [0.2, 0.25) is 0 Å². The van der Waals surface area contributed by atoms with Crippen molar-refractivity contribution in [3.8, 4) is 0 Å². The third-order valence-corrected chi connectivity index (χ3v) is 7.34. The standard InChI is InChI=1S/C20H22N4O4S/c25-20(26)11-14-7-9-24(29(27,28)16-4-2-1-3-5-16)13-15(14)10-19-22-17-6-8-21-12-18(17)23-19/h1-6,8,12,14-15H,7,9-11,13H2,(H,22,23)(H,25,26)/t14-,15-/m0/s1. The lowest BCUT2D eigenvalue weighted by Gasteiger charge is -2.37. The van der Waals surface area contributed by atoms with Crippen LogP contribution in [0.1, 0.15) is 18.7 Å². The fourth-order valence-electron chi connectivity index (χ4n) is 3.99. The Morgan fingerprint density at radius 2 is 2.00 bits per heavy atom. The molecule has 2 aromatic heterocycles. The zero-order valence-electron chi connectivity index (χ0n) is 15.7. The van der Waals surface area contributed by atoms with Crippen molar-refractivity contribution in [2.24, 2.45) is 11.8 Å². The van der Waals surface area contributed by atoms with Gasteiger partial charge in [-0.15, -0.1) is 0 Å². The number of sulfonamides is 1. The summed E-state index contributed by atoms with van der Waals surface area (Å²) in [6.45, 7) is 0.584. The fraction of sp³-hybridized carbons (Fsp3) is 0.350. The van der Waals surface area contributed by atoms with E-state index in [1.54, 1.807) is 48.8 Å². The monoisotopic (exact) mass is 414 g/mol. The Hall–Kier alpha value is -2.78. The molecule has 0 unspecified atom stereocenters. The molecule has 9 heteroatoms. The molecule has 152 valence electrons. The zero-order chi connectivity index (χ0) is 20.4. The number of nitrogens with zero attached hydrogens (tertiary/aromatic N) is 3. The van der Waals surface area contributed by atoms with Crippen LogP contribution in [0.25, 0.3) is 11.0 Å². The van der Waals surface area contributed by atoms with Gasteiger partial charge in [-0.05, 0) is 36.5 Å². The molecule has 0 amide bonds. The summed E-state index contributed by atoms with van der Waals surface area (Å²) >= 11 is 0. The molecule has 2 N–H and O–H groups in total. The number of imidazole rings is 1. The van der Waals surface area contributed by atoms with Crippen LogP contribution in [0, 0.1) is 11.8 Å². The number of H-pyrrole nitrogens is 1. The average molecular weight is 414 g/mol. The summed E-state index contributed by atoms with van der Waals surface area (Å²) in [6.07, 6.45) is 4.35. The predicted molar refractivity (Wildman–Crippen MR) is 107 cm³/mol. The molecule has 0 spiro atoms. The highest BCUT2D eigenvalue weighted by Gasteiger charge is 2.36. The number of hydrogen-bond donors (Lipinski definition) is 2. The van der Waals surface area contributed by atoms with Crippen molar-refractivity contribution < 1.29 is 18.3 Å². The Bertz CT molecular complexity index is 1080. The van der Waals surface area contributed by atoms with E-state index in [4.69, 9.17) is 0 Å². The number of aliphatic carboxylic acids is 1. The van der Waals surface area contributed by atoms with Gasteiger partial charge < -0.3 is 10.1 Å². The topological polar surface area (TPSA) is 116 Å². The van der Waals surface area contributed by atoms with Gasteiger partial charge >= 0.3 is 5.97 Å². The van der Waals surface area contributed by atoms with Crippen LogP contribution in [0.15, 0.2) is 53.7 Å². The van der Waals surface area contributed by atoms with Gasteiger partial charge in [-0.3, -0.25) is 9.78 Å². The van der Waals surface area contributed by atoms with Crippen LogP contribution in [0.5, 0.6) is 0 Å². The van der Waals surface area contributed by atoms with E-state index in [1.807, 2.05) is 0 Å². The number of nitrogens with one attached hydrogen (secondary N) is 1. The van der Waals surface area contributed by atoms with Crippen molar-refractivity contribution in [2.75, 3.05) is 13.1 Å². The molecule has 0 aliphatic carbocycles. The van der Waals surface area contributed by atoms with Crippen LogP contribution in [-0.4, -0.2) is 51.8 Å². The number of carboxylic acids is 1. The normalized spacial score (nSPS) is 20.7. The molecule has 4 rings (SSSR count). The van der Waals surface area contributed by atoms with Crippen molar-refractivity contribution in [1.29, 1.82) is 0 Å². The Balaban J connectivity index is 1.59. The lowest BCUT2D eigenvalue weighted by Crippen LogP contribution is -2.45. The first-order chi connectivity index (χ1) is 13.9. The Morgan fingerprint density at radius 3 is 2.72 bits per heavy atom. The van der Waals surface area contributed by atoms with Crippen molar-refractivity contribution in [1.82, 2.24) is 19.3 Å². The number of piperidine rings is 1. The summed E-state index contributed by atoms with van der Waals surface area (Å²) in [7, 11) is -3.62. The summed E-state index contributed by atoms with van der Waals surface area (Å²) in [4.78, 5) is 23.4. The van der Waals surface area contributed by atoms with E-state index in [2.05, 4.69) is 15.0 Å². The second kappa shape index (κ2) is 7.92. The molecule has 1 aliphatic heterocycles. The molecule has 1 aromatic carbocycles. The molecule has 1 aliphatic rings. The molecule has 0 radical (unpaired) electrons. The van der Waals surface area contributed by atoms with Gasteiger partial charge in [0.05, 0.1) is 22.1 Å². The maximum atomic E-state index is 13.0. The highest BCUT2D eigenvalue weighted by Crippen LogP contribution is 2.32. The Morgan fingerprint density at radius 1 is 1.21 bits per heavy atom. The van der Waals surface area contributed by atoms with E-state index in [9.17, 15) is 18.3 Å². The number of fused-ring (bicyclic) bond motifs is 1. The Kier molecular flexibility index (Phi) is 5.33. The average Bonchev–Trinajstić information content (AvgIpc) is 3.12. The maximum absolute atomic E-state index is 13.0. The van der Waals surface area contributed by atoms with E-state index >= 15 is 0 Å². The second-order valence-electron chi connectivity index (χ2n) is 7.36. The molecule has 1 fully saturated rings. The van der Waals surface area contributed by atoms with Crippen molar-refractivity contribution >= 4 is 27.0 Å². The highest BCUT2D eigenvalue weighted by molar-refractivity contribution is 7.89. The zero-order valence-corrected chi connectivity index (χ0v) is 16.5. The van der Waals surface area contributed by atoms with Crippen molar-refractivity contribution in [3.63, 3.8) is 0 Å². The van der Waals surface area contributed by atoms with Gasteiger partial charge in [-0.2, -0.15) is 4.31 Å². The molecule has 3 heterocycles. The molecule has 29 heavy (non-hydrogen) atoms.